The number of hydrogen-bond donors (Lipinski definition) is 2. The summed E-state index contributed by atoms with van der Waals surface area (Å²) in [5.74, 6) is -0.876. The number of benzene rings is 1. The average Bonchev–Trinajstić information content (AvgIpc) is 3.38. The molecule has 3 aromatic rings. The molecule has 1 aromatic carbocycles. The number of amides is 1. The van der Waals surface area contributed by atoms with Gasteiger partial charge in [-0.2, -0.15) is 36.0 Å². The molecule has 0 radical (unpaired) electrons. The highest BCUT2D eigenvalue weighted by Gasteiger charge is 2.49. The molecule has 1 amide bonds. The highest BCUT2D eigenvalue weighted by Crippen LogP contribution is 2.37. The van der Waals surface area contributed by atoms with Gasteiger partial charge in [0.05, 0.1) is 11.6 Å². The van der Waals surface area contributed by atoms with E-state index in [-0.39, 0.29) is 18.3 Å². The quantitative estimate of drug-likeness (QED) is 0.502. The number of alkyl halides is 6. The summed E-state index contributed by atoms with van der Waals surface area (Å²) in [5, 5.41) is 9.12. The summed E-state index contributed by atoms with van der Waals surface area (Å²) in [4.78, 5) is 16.9. The Morgan fingerprint density at radius 1 is 1.03 bits per heavy atom. The largest absolute Gasteiger partial charge is 0.435 e. The maximum absolute atomic E-state index is 13.5. The van der Waals surface area contributed by atoms with Gasteiger partial charge in [0.1, 0.15) is 11.6 Å². The van der Waals surface area contributed by atoms with E-state index in [1.807, 2.05) is 4.90 Å². The number of carbonyl (C=O) groups excluding carboxylic acids is 1. The minimum atomic E-state index is -4.90. The van der Waals surface area contributed by atoms with Gasteiger partial charge in [0.25, 0.3) is 0 Å². The third-order valence-electron chi connectivity index (χ3n) is 6.43. The smallest absolute Gasteiger partial charge is 0.368 e. The van der Waals surface area contributed by atoms with Crippen molar-refractivity contribution in [3.05, 3.63) is 59.2 Å². The molecule has 2 fully saturated rings. The lowest BCUT2D eigenvalue weighted by molar-refractivity contribution is -0.142. The fourth-order valence-electron chi connectivity index (χ4n) is 4.69. The number of nitrogens with zero attached hydrogens (tertiary/aromatic N) is 4. The van der Waals surface area contributed by atoms with Crippen molar-refractivity contribution in [1.29, 1.82) is 0 Å². The van der Waals surface area contributed by atoms with Crippen LogP contribution in [0, 0.1) is 5.82 Å². The van der Waals surface area contributed by atoms with Gasteiger partial charge in [0.2, 0.25) is 5.91 Å². The van der Waals surface area contributed by atoms with E-state index in [2.05, 4.69) is 20.7 Å². The molecule has 2 aromatic heterocycles. The standard InChI is InChI=1S/C22H19F7N6O/c23-13-3-1-12(2-4-13)14(34-10-20(11-34)6-5-19(36)32-20)9-30-17-7-15(21(24,25)26)31-18-8-16(22(27,28)29)33-35(17)18/h1-4,7-8,14,30H,5-6,9-11H2,(H,32,36)/t14-/m1/s1. The van der Waals surface area contributed by atoms with E-state index in [1.165, 1.54) is 24.3 Å². The molecule has 0 saturated carbocycles. The van der Waals surface area contributed by atoms with Gasteiger partial charge in [-0.3, -0.25) is 9.69 Å². The third kappa shape index (κ3) is 4.56. The Bertz CT molecular complexity index is 1300. The van der Waals surface area contributed by atoms with Crippen molar-refractivity contribution in [1.82, 2.24) is 24.8 Å². The van der Waals surface area contributed by atoms with Crippen molar-refractivity contribution in [3.63, 3.8) is 0 Å². The van der Waals surface area contributed by atoms with Crippen molar-refractivity contribution < 1.29 is 35.5 Å². The molecule has 1 spiro atoms. The fourth-order valence-corrected chi connectivity index (χ4v) is 4.69. The van der Waals surface area contributed by atoms with Crippen molar-refractivity contribution >= 4 is 17.4 Å². The molecule has 14 heteroatoms. The summed E-state index contributed by atoms with van der Waals surface area (Å²) in [6, 6.07) is 6.09. The molecule has 36 heavy (non-hydrogen) atoms. The first-order chi connectivity index (χ1) is 16.8. The lowest BCUT2D eigenvalue weighted by Crippen LogP contribution is -2.68. The molecule has 2 aliphatic heterocycles. The molecule has 7 nitrogen and oxygen atoms in total. The first kappa shape index (κ1) is 24.3. The minimum Gasteiger partial charge on any atom is -0.368 e. The van der Waals surface area contributed by atoms with E-state index in [9.17, 15) is 35.5 Å². The van der Waals surface area contributed by atoms with Crippen LogP contribution in [-0.4, -0.2) is 50.6 Å². The molecular formula is C22H19F7N6O. The van der Waals surface area contributed by atoms with Crippen LogP contribution in [0.1, 0.15) is 35.8 Å². The second-order valence-electron chi connectivity index (χ2n) is 9.00. The van der Waals surface area contributed by atoms with Gasteiger partial charge >= 0.3 is 12.4 Å². The highest BCUT2D eigenvalue weighted by molar-refractivity contribution is 5.79. The second-order valence-corrected chi connectivity index (χ2v) is 9.00. The van der Waals surface area contributed by atoms with Crippen LogP contribution in [0.15, 0.2) is 36.4 Å². The number of nitrogens with one attached hydrogen (secondary N) is 2. The van der Waals surface area contributed by atoms with Gasteiger partial charge in [-0.05, 0) is 24.1 Å². The normalized spacial score (nSPS) is 18.9. The SMILES string of the molecule is O=C1CCC2(CN([C@H](CNc3cc(C(F)(F)F)nc4cc(C(F)(F)F)nn34)c3ccc(F)cc3)C2)N1. The summed E-state index contributed by atoms with van der Waals surface area (Å²) < 4.78 is 94.0. The van der Waals surface area contributed by atoms with Crippen LogP contribution in [0.3, 0.4) is 0 Å². The Kier molecular flexibility index (Phi) is 5.61. The molecule has 5 rings (SSSR count). The molecule has 2 saturated heterocycles. The monoisotopic (exact) mass is 516 g/mol. The van der Waals surface area contributed by atoms with E-state index in [0.717, 1.165) is 0 Å². The Hall–Kier alpha value is -3.42. The number of hydrogen-bond acceptors (Lipinski definition) is 5. The Labute approximate surface area is 199 Å². The number of carbonyl (C=O) groups is 1. The number of fused-ring (bicyclic) bond motifs is 1. The molecule has 0 aliphatic carbocycles. The summed E-state index contributed by atoms with van der Waals surface area (Å²) in [7, 11) is 0. The van der Waals surface area contributed by atoms with Crippen LogP contribution < -0.4 is 10.6 Å². The maximum atomic E-state index is 13.5. The van der Waals surface area contributed by atoms with Gasteiger partial charge in [-0.15, -0.1) is 0 Å². The van der Waals surface area contributed by atoms with Gasteiger partial charge in [-0.25, -0.2) is 9.37 Å². The van der Waals surface area contributed by atoms with E-state index in [4.69, 9.17) is 0 Å². The lowest BCUT2D eigenvalue weighted by Gasteiger charge is -2.51. The summed E-state index contributed by atoms with van der Waals surface area (Å²) in [5.41, 5.74) is -3.13. The summed E-state index contributed by atoms with van der Waals surface area (Å²) in [6.07, 6.45) is -8.75. The molecular weight excluding hydrogens is 497 g/mol. The average molecular weight is 516 g/mol. The van der Waals surface area contributed by atoms with Gasteiger partial charge in [0.15, 0.2) is 17.0 Å². The van der Waals surface area contributed by atoms with E-state index < -0.39 is 46.8 Å². The minimum absolute atomic E-state index is 0.0344. The maximum Gasteiger partial charge on any atom is 0.435 e. The van der Waals surface area contributed by atoms with Crippen LogP contribution >= 0.6 is 0 Å². The number of likely N-dealkylation sites (tertiary alicyclic amines) is 1. The van der Waals surface area contributed by atoms with E-state index in [0.29, 0.717) is 48.1 Å². The van der Waals surface area contributed by atoms with Crippen molar-refractivity contribution in [2.24, 2.45) is 0 Å². The highest BCUT2D eigenvalue weighted by atomic mass is 19.4. The van der Waals surface area contributed by atoms with Crippen molar-refractivity contribution in [3.8, 4) is 0 Å². The first-order valence-corrected chi connectivity index (χ1v) is 10.9. The van der Waals surface area contributed by atoms with Crippen LogP contribution in [0.5, 0.6) is 0 Å². The predicted molar refractivity (Wildman–Crippen MR) is 112 cm³/mol. The third-order valence-corrected chi connectivity index (χ3v) is 6.43. The summed E-state index contributed by atoms with van der Waals surface area (Å²) in [6.45, 7) is 0.886. The van der Waals surface area contributed by atoms with Crippen molar-refractivity contribution in [2.45, 2.75) is 36.8 Å². The molecule has 4 heterocycles. The molecule has 2 aliphatic rings. The molecule has 192 valence electrons. The molecule has 0 bridgehead atoms. The molecule has 0 unspecified atom stereocenters. The number of halogens is 7. The Morgan fingerprint density at radius 3 is 2.28 bits per heavy atom. The Morgan fingerprint density at radius 2 is 1.69 bits per heavy atom. The van der Waals surface area contributed by atoms with Gasteiger partial charge < -0.3 is 10.6 Å². The van der Waals surface area contributed by atoms with Gasteiger partial charge in [0, 0.05) is 38.2 Å². The van der Waals surface area contributed by atoms with Crippen LogP contribution in [-0.2, 0) is 17.1 Å². The Balaban J connectivity index is 1.46. The zero-order valence-electron chi connectivity index (χ0n) is 18.4. The van der Waals surface area contributed by atoms with Crippen molar-refractivity contribution in [2.75, 3.05) is 25.0 Å². The zero-order valence-corrected chi connectivity index (χ0v) is 18.4. The second kappa shape index (κ2) is 8.32. The number of rotatable bonds is 5. The van der Waals surface area contributed by atoms with E-state index >= 15 is 0 Å². The predicted octanol–water partition coefficient (Wildman–Crippen LogP) is 4.02. The fraction of sp³-hybridized carbons (Fsp3) is 0.409. The zero-order chi connectivity index (χ0) is 25.9. The number of anilines is 1. The van der Waals surface area contributed by atoms with Crippen LogP contribution in [0.2, 0.25) is 0 Å². The molecule has 2 N–H and O–H groups in total. The molecule has 1 atom stereocenters. The lowest BCUT2D eigenvalue weighted by atomic mass is 9.85. The van der Waals surface area contributed by atoms with Crippen LogP contribution in [0.4, 0.5) is 36.6 Å². The van der Waals surface area contributed by atoms with Gasteiger partial charge in [-0.1, -0.05) is 12.1 Å². The first-order valence-electron chi connectivity index (χ1n) is 10.9. The van der Waals surface area contributed by atoms with E-state index in [1.54, 1.807) is 0 Å². The summed E-state index contributed by atoms with van der Waals surface area (Å²) >= 11 is 0. The number of aromatic nitrogens is 3. The topological polar surface area (TPSA) is 74.6 Å². The van der Waals surface area contributed by atoms with Crippen LogP contribution in [0.25, 0.3) is 5.65 Å².